The van der Waals surface area contributed by atoms with Crippen LogP contribution in [0, 0.1) is 10.1 Å². The maximum atomic E-state index is 12.6. The van der Waals surface area contributed by atoms with E-state index in [4.69, 9.17) is 0 Å². The number of hydrogen-bond donors (Lipinski definition) is 1. The van der Waals surface area contributed by atoms with E-state index in [-0.39, 0.29) is 17.2 Å². The van der Waals surface area contributed by atoms with E-state index in [2.05, 4.69) is 5.32 Å². The molecule has 0 aliphatic heterocycles. The molecular formula is C18H19N3O4. The van der Waals surface area contributed by atoms with Gasteiger partial charge in [-0.2, -0.15) is 0 Å². The summed E-state index contributed by atoms with van der Waals surface area (Å²) in [6, 6.07) is 12.1. The van der Waals surface area contributed by atoms with Crippen LogP contribution in [0.5, 0.6) is 0 Å². The molecule has 0 unspecified atom stereocenters. The van der Waals surface area contributed by atoms with Crippen molar-refractivity contribution in [2.45, 2.75) is 13.8 Å². The zero-order chi connectivity index (χ0) is 18.4. The number of amides is 2. The fourth-order valence-electron chi connectivity index (χ4n) is 2.41. The number of carbonyl (C=O) groups excluding carboxylic acids is 2. The lowest BCUT2D eigenvalue weighted by Crippen LogP contribution is -2.31. The number of nitrogens with one attached hydrogen (secondary N) is 1. The van der Waals surface area contributed by atoms with E-state index in [1.165, 1.54) is 24.3 Å². The average molecular weight is 341 g/mol. The van der Waals surface area contributed by atoms with Crippen LogP contribution in [0.25, 0.3) is 0 Å². The first-order valence-electron chi connectivity index (χ1n) is 7.92. The maximum Gasteiger partial charge on any atom is 0.270 e. The van der Waals surface area contributed by atoms with Gasteiger partial charge in [-0.25, -0.2) is 0 Å². The minimum atomic E-state index is -0.561. The summed E-state index contributed by atoms with van der Waals surface area (Å²) in [6.07, 6.45) is 0. The van der Waals surface area contributed by atoms with E-state index in [1.54, 1.807) is 29.2 Å². The van der Waals surface area contributed by atoms with Gasteiger partial charge in [-0.05, 0) is 32.0 Å². The molecule has 0 saturated carbocycles. The predicted octanol–water partition coefficient (Wildman–Crippen LogP) is 3.33. The number of para-hydroxylation sites is 1. The first kappa shape index (κ1) is 18.1. The largest absolute Gasteiger partial charge is 0.339 e. The van der Waals surface area contributed by atoms with Crippen LogP contribution in [0.4, 0.5) is 11.4 Å². The summed E-state index contributed by atoms with van der Waals surface area (Å²) >= 11 is 0. The lowest BCUT2D eigenvalue weighted by molar-refractivity contribution is -0.384. The van der Waals surface area contributed by atoms with Crippen molar-refractivity contribution in [1.82, 2.24) is 4.90 Å². The molecule has 0 heterocycles. The van der Waals surface area contributed by atoms with Gasteiger partial charge in [0.25, 0.3) is 17.5 Å². The van der Waals surface area contributed by atoms with Gasteiger partial charge in [0.2, 0.25) is 0 Å². The minimum Gasteiger partial charge on any atom is -0.339 e. The molecule has 0 aliphatic rings. The van der Waals surface area contributed by atoms with Gasteiger partial charge < -0.3 is 10.2 Å². The Morgan fingerprint density at radius 2 is 1.76 bits per heavy atom. The second-order valence-corrected chi connectivity index (χ2v) is 5.28. The van der Waals surface area contributed by atoms with Crippen molar-refractivity contribution in [1.29, 1.82) is 0 Å². The van der Waals surface area contributed by atoms with Crippen LogP contribution in [-0.4, -0.2) is 34.7 Å². The Hall–Kier alpha value is -3.22. The first-order chi connectivity index (χ1) is 12.0. The molecule has 0 spiro atoms. The van der Waals surface area contributed by atoms with Crippen LogP contribution >= 0.6 is 0 Å². The van der Waals surface area contributed by atoms with Crippen molar-refractivity contribution < 1.29 is 14.5 Å². The van der Waals surface area contributed by atoms with E-state index in [0.717, 1.165) is 0 Å². The topological polar surface area (TPSA) is 92.6 Å². The number of nitrogens with zero attached hydrogens (tertiary/aromatic N) is 2. The Kier molecular flexibility index (Phi) is 5.84. The van der Waals surface area contributed by atoms with Crippen molar-refractivity contribution in [3.8, 4) is 0 Å². The molecular weight excluding hydrogens is 322 g/mol. The van der Waals surface area contributed by atoms with Crippen LogP contribution in [0.3, 0.4) is 0 Å². The highest BCUT2D eigenvalue weighted by molar-refractivity contribution is 6.09. The quantitative estimate of drug-likeness (QED) is 0.644. The fourth-order valence-corrected chi connectivity index (χ4v) is 2.41. The maximum absolute atomic E-state index is 12.6. The summed E-state index contributed by atoms with van der Waals surface area (Å²) < 4.78 is 0. The molecule has 0 aliphatic carbocycles. The van der Waals surface area contributed by atoms with E-state index < -0.39 is 10.8 Å². The van der Waals surface area contributed by atoms with E-state index in [0.29, 0.717) is 24.3 Å². The second-order valence-electron chi connectivity index (χ2n) is 5.28. The van der Waals surface area contributed by atoms with Crippen molar-refractivity contribution in [2.75, 3.05) is 18.4 Å². The minimum absolute atomic E-state index is 0.152. The van der Waals surface area contributed by atoms with E-state index in [9.17, 15) is 19.7 Å². The molecule has 130 valence electrons. The zero-order valence-corrected chi connectivity index (χ0v) is 14.1. The molecule has 0 bridgehead atoms. The van der Waals surface area contributed by atoms with Gasteiger partial charge in [-0.3, -0.25) is 19.7 Å². The normalized spacial score (nSPS) is 10.2. The monoisotopic (exact) mass is 341 g/mol. The SMILES string of the molecule is CCN(CC)C(=O)c1ccccc1NC(=O)c1cccc([N+](=O)[O-])c1. The Labute approximate surface area is 145 Å². The molecule has 2 rings (SSSR count). The van der Waals surface area contributed by atoms with Gasteiger partial charge in [0, 0.05) is 30.8 Å². The van der Waals surface area contributed by atoms with Gasteiger partial charge in [0.1, 0.15) is 0 Å². The Balaban J connectivity index is 2.29. The average Bonchev–Trinajstić information content (AvgIpc) is 2.63. The summed E-state index contributed by atoms with van der Waals surface area (Å²) in [5, 5.41) is 13.5. The molecule has 2 amide bonds. The van der Waals surface area contributed by atoms with Crippen LogP contribution in [0.1, 0.15) is 34.6 Å². The van der Waals surface area contributed by atoms with E-state index in [1.807, 2.05) is 13.8 Å². The molecule has 2 aromatic carbocycles. The number of anilines is 1. The number of rotatable bonds is 6. The number of nitro benzene ring substituents is 1. The van der Waals surface area contributed by atoms with Gasteiger partial charge >= 0.3 is 0 Å². The molecule has 1 N–H and O–H groups in total. The third-order valence-corrected chi connectivity index (χ3v) is 3.78. The molecule has 0 saturated heterocycles. The van der Waals surface area contributed by atoms with Crippen LogP contribution in [0.2, 0.25) is 0 Å². The standard InChI is InChI=1S/C18H19N3O4/c1-3-20(4-2)18(23)15-10-5-6-11-16(15)19-17(22)13-8-7-9-14(12-13)21(24)25/h5-12H,3-4H2,1-2H3,(H,19,22). The van der Waals surface area contributed by atoms with Crippen LogP contribution in [-0.2, 0) is 0 Å². The molecule has 0 radical (unpaired) electrons. The number of non-ortho nitro benzene ring substituents is 1. The fraction of sp³-hybridized carbons (Fsp3) is 0.222. The summed E-state index contributed by atoms with van der Waals surface area (Å²) in [4.78, 5) is 36.9. The number of benzene rings is 2. The highest BCUT2D eigenvalue weighted by Crippen LogP contribution is 2.20. The lowest BCUT2D eigenvalue weighted by Gasteiger charge is -2.20. The van der Waals surface area contributed by atoms with Crippen molar-refractivity contribution in [2.24, 2.45) is 0 Å². The van der Waals surface area contributed by atoms with Gasteiger partial charge in [-0.1, -0.05) is 18.2 Å². The van der Waals surface area contributed by atoms with Crippen LogP contribution < -0.4 is 5.32 Å². The smallest absolute Gasteiger partial charge is 0.270 e. The van der Waals surface area contributed by atoms with Gasteiger partial charge in [0.15, 0.2) is 0 Å². The predicted molar refractivity (Wildman–Crippen MR) is 94.7 cm³/mol. The van der Waals surface area contributed by atoms with E-state index >= 15 is 0 Å². The summed E-state index contributed by atoms with van der Waals surface area (Å²) in [5.74, 6) is -0.691. The molecule has 2 aromatic rings. The lowest BCUT2D eigenvalue weighted by atomic mass is 10.1. The van der Waals surface area contributed by atoms with Gasteiger partial charge in [-0.15, -0.1) is 0 Å². The molecule has 7 nitrogen and oxygen atoms in total. The van der Waals surface area contributed by atoms with Gasteiger partial charge in [0.05, 0.1) is 16.2 Å². The summed E-state index contributed by atoms with van der Waals surface area (Å²) in [7, 11) is 0. The molecule has 25 heavy (non-hydrogen) atoms. The highest BCUT2D eigenvalue weighted by Gasteiger charge is 2.18. The Bertz CT molecular complexity index is 800. The van der Waals surface area contributed by atoms with Crippen molar-refractivity contribution in [3.63, 3.8) is 0 Å². The Morgan fingerprint density at radius 1 is 1.08 bits per heavy atom. The van der Waals surface area contributed by atoms with Crippen molar-refractivity contribution in [3.05, 3.63) is 69.8 Å². The summed E-state index contributed by atoms with van der Waals surface area (Å²) in [5.41, 5.74) is 0.736. The number of hydrogen-bond acceptors (Lipinski definition) is 4. The Morgan fingerprint density at radius 3 is 2.40 bits per heavy atom. The third-order valence-electron chi connectivity index (χ3n) is 3.78. The van der Waals surface area contributed by atoms with Crippen molar-refractivity contribution >= 4 is 23.2 Å². The first-order valence-corrected chi connectivity index (χ1v) is 7.92. The number of nitro groups is 1. The highest BCUT2D eigenvalue weighted by atomic mass is 16.6. The zero-order valence-electron chi connectivity index (χ0n) is 14.1. The number of carbonyl (C=O) groups is 2. The molecule has 0 fully saturated rings. The third kappa shape index (κ3) is 4.20. The molecule has 7 heteroatoms. The molecule has 0 aromatic heterocycles. The molecule has 0 atom stereocenters. The second kappa shape index (κ2) is 8.05. The summed E-state index contributed by atoms with van der Waals surface area (Å²) in [6.45, 7) is 4.88. The van der Waals surface area contributed by atoms with Crippen LogP contribution in [0.15, 0.2) is 48.5 Å².